The highest BCUT2D eigenvalue weighted by molar-refractivity contribution is 5.85. The number of nitrogens with zero attached hydrogens (tertiary/aromatic N) is 1. The number of hydrogen-bond acceptors (Lipinski definition) is 4. The van der Waals surface area contributed by atoms with Crippen LogP contribution in [0.5, 0.6) is 0 Å². The van der Waals surface area contributed by atoms with Gasteiger partial charge in [0, 0.05) is 25.7 Å². The Balaban J connectivity index is 0.00000242. The summed E-state index contributed by atoms with van der Waals surface area (Å²) < 4.78 is 5.43. The molecule has 2 aliphatic rings. The van der Waals surface area contributed by atoms with Crippen molar-refractivity contribution in [2.45, 2.75) is 51.6 Å². The lowest BCUT2D eigenvalue weighted by Gasteiger charge is -2.37. The lowest BCUT2D eigenvalue weighted by molar-refractivity contribution is -0.130. The molecule has 0 aliphatic carbocycles. The van der Waals surface area contributed by atoms with E-state index in [2.05, 4.69) is 29.4 Å². The third-order valence-electron chi connectivity index (χ3n) is 4.89. The van der Waals surface area contributed by atoms with Crippen LogP contribution in [0.15, 0.2) is 0 Å². The fourth-order valence-corrected chi connectivity index (χ4v) is 3.53. The minimum atomic E-state index is 0. The Morgan fingerprint density at radius 3 is 2.43 bits per heavy atom. The fraction of sp³-hybridized carbons (Fsp3) is 0.938. The van der Waals surface area contributed by atoms with Crippen molar-refractivity contribution >= 4 is 30.7 Å². The van der Waals surface area contributed by atoms with Crippen molar-refractivity contribution in [1.82, 2.24) is 15.5 Å². The van der Waals surface area contributed by atoms with E-state index in [1.165, 1.54) is 12.8 Å². The maximum atomic E-state index is 12.7. The first-order chi connectivity index (χ1) is 10.3. The second kappa shape index (κ2) is 12.3. The maximum absolute atomic E-state index is 12.7. The van der Waals surface area contributed by atoms with Gasteiger partial charge < -0.3 is 15.4 Å². The number of ether oxygens (including phenoxy) is 1. The van der Waals surface area contributed by atoms with E-state index < -0.39 is 0 Å². The monoisotopic (exact) mass is 369 g/mol. The van der Waals surface area contributed by atoms with Crippen LogP contribution in [0.1, 0.15) is 39.5 Å². The quantitative estimate of drug-likeness (QED) is 0.718. The number of halogens is 2. The predicted octanol–water partition coefficient (Wildman–Crippen LogP) is 1.84. The number of carbonyl (C=O) groups is 1. The van der Waals surface area contributed by atoms with Crippen molar-refractivity contribution in [1.29, 1.82) is 0 Å². The Morgan fingerprint density at radius 2 is 1.91 bits per heavy atom. The molecule has 2 unspecified atom stereocenters. The zero-order valence-corrected chi connectivity index (χ0v) is 16.0. The van der Waals surface area contributed by atoms with E-state index in [-0.39, 0.29) is 36.8 Å². The van der Waals surface area contributed by atoms with Crippen molar-refractivity contribution in [3.05, 3.63) is 0 Å². The summed E-state index contributed by atoms with van der Waals surface area (Å²) in [6, 6.07) is 0.464. The van der Waals surface area contributed by atoms with Gasteiger partial charge in [0.25, 0.3) is 0 Å². The van der Waals surface area contributed by atoms with Gasteiger partial charge in [-0.1, -0.05) is 26.7 Å². The van der Waals surface area contributed by atoms with E-state index in [4.69, 9.17) is 4.74 Å². The summed E-state index contributed by atoms with van der Waals surface area (Å²) in [7, 11) is 0. The highest BCUT2D eigenvalue weighted by Gasteiger charge is 2.33. The molecule has 2 atom stereocenters. The van der Waals surface area contributed by atoms with Gasteiger partial charge in [0.2, 0.25) is 5.91 Å². The van der Waals surface area contributed by atoms with Crippen LogP contribution in [0, 0.1) is 5.92 Å². The SMILES string of the molecule is CCC(CC)C(C(=O)NCC1CCCN1)N1CCOCC1.Cl.Cl. The number of nitrogens with one attached hydrogen (secondary N) is 2. The molecule has 7 heteroatoms. The fourth-order valence-electron chi connectivity index (χ4n) is 3.53. The Morgan fingerprint density at radius 1 is 1.26 bits per heavy atom. The van der Waals surface area contributed by atoms with Crippen LogP contribution < -0.4 is 10.6 Å². The van der Waals surface area contributed by atoms with Gasteiger partial charge in [-0.2, -0.15) is 0 Å². The molecule has 5 nitrogen and oxygen atoms in total. The molecule has 2 fully saturated rings. The lowest BCUT2D eigenvalue weighted by atomic mass is 9.91. The summed E-state index contributed by atoms with van der Waals surface area (Å²) in [5, 5.41) is 6.63. The van der Waals surface area contributed by atoms with Gasteiger partial charge in [0.05, 0.1) is 19.3 Å². The molecule has 2 saturated heterocycles. The minimum Gasteiger partial charge on any atom is -0.379 e. The van der Waals surface area contributed by atoms with Crippen molar-refractivity contribution in [3.8, 4) is 0 Å². The van der Waals surface area contributed by atoms with Crippen LogP contribution in [-0.4, -0.2) is 62.3 Å². The summed E-state index contributed by atoms with van der Waals surface area (Å²) in [5.41, 5.74) is 0. The zero-order valence-electron chi connectivity index (χ0n) is 14.4. The maximum Gasteiger partial charge on any atom is 0.237 e. The van der Waals surface area contributed by atoms with E-state index in [1.807, 2.05) is 0 Å². The molecule has 2 heterocycles. The van der Waals surface area contributed by atoms with Gasteiger partial charge >= 0.3 is 0 Å². The first kappa shape index (κ1) is 22.9. The molecular weight excluding hydrogens is 337 g/mol. The topological polar surface area (TPSA) is 53.6 Å². The van der Waals surface area contributed by atoms with E-state index >= 15 is 0 Å². The number of hydrogen-bond donors (Lipinski definition) is 2. The van der Waals surface area contributed by atoms with Gasteiger partial charge in [0.15, 0.2) is 0 Å². The smallest absolute Gasteiger partial charge is 0.237 e. The second-order valence-corrected chi connectivity index (χ2v) is 6.21. The molecule has 1 amide bonds. The molecule has 0 spiro atoms. The average molecular weight is 370 g/mol. The Kier molecular flexibility index (Phi) is 12.3. The lowest BCUT2D eigenvalue weighted by Crippen LogP contribution is -2.55. The molecule has 2 aliphatic heterocycles. The molecule has 0 radical (unpaired) electrons. The number of amides is 1. The van der Waals surface area contributed by atoms with Crippen molar-refractivity contribution in [2.24, 2.45) is 5.92 Å². The van der Waals surface area contributed by atoms with E-state index in [0.29, 0.717) is 12.0 Å². The molecular formula is C16H33Cl2N3O2. The van der Waals surface area contributed by atoms with Crippen LogP contribution >= 0.6 is 24.8 Å². The molecule has 2 N–H and O–H groups in total. The van der Waals surface area contributed by atoms with Gasteiger partial charge in [-0.3, -0.25) is 9.69 Å². The highest BCUT2D eigenvalue weighted by atomic mass is 35.5. The van der Waals surface area contributed by atoms with E-state index in [0.717, 1.165) is 52.2 Å². The third kappa shape index (κ3) is 6.75. The highest BCUT2D eigenvalue weighted by Crippen LogP contribution is 2.20. The van der Waals surface area contributed by atoms with Crippen molar-refractivity contribution in [3.63, 3.8) is 0 Å². The number of carbonyl (C=O) groups excluding carboxylic acids is 1. The molecule has 0 aromatic rings. The first-order valence-corrected chi connectivity index (χ1v) is 8.59. The summed E-state index contributed by atoms with van der Waals surface area (Å²) >= 11 is 0. The summed E-state index contributed by atoms with van der Waals surface area (Å²) in [4.78, 5) is 15.1. The number of morpholine rings is 1. The predicted molar refractivity (Wildman–Crippen MR) is 98.8 cm³/mol. The van der Waals surface area contributed by atoms with Crippen LogP contribution in [0.25, 0.3) is 0 Å². The van der Waals surface area contributed by atoms with E-state index in [9.17, 15) is 4.79 Å². The Labute approximate surface area is 153 Å². The van der Waals surface area contributed by atoms with Crippen LogP contribution in [0.3, 0.4) is 0 Å². The standard InChI is InChI=1S/C16H31N3O2.2ClH/c1-3-13(4-2)15(19-8-10-21-11-9-19)16(20)18-12-14-6-5-7-17-14;;/h13-15,17H,3-12H2,1-2H3,(H,18,20);2*1H. The molecule has 138 valence electrons. The van der Waals surface area contributed by atoms with E-state index in [1.54, 1.807) is 0 Å². The van der Waals surface area contributed by atoms with Gasteiger partial charge in [-0.25, -0.2) is 0 Å². The van der Waals surface area contributed by atoms with Crippen molar-refractivity contribution < 1.29 is 9.53 Å². The minimum absolute atomic E-state index is 0. The molecule has 0 saturated carbocycles. The normalized spacial score (nSPS) is 23.0. The summed E-state index contributed by atoms with van der Waals surface area (Å²) in [5.74, 6) is 0.638. The van der Waals surface area contributed by atoms with Crippen LogP contribution in [0.2, 0.25) is 0 Å². The van der Waals surface area contributed by atoms with Gasteiger partial charge in [-0.15, -0.1) is 24.8 Å². The first-order valence-electron chi connectivity index (χ1n) is 8.59. The van der Waals surface area contributed by atoms with Crippen molar-refractivity contribution in [2.75, 3.05) is 39.4 Å². The summed E-state index contributed by atoms with van der Waals surface area (Å²) in [6.45, 7) is 9.45. The molecule has 0 bridgehead atoms. The average Bonchev–Trinajstić information content (AvgIpc) is 3.04. The van der Waals surface area contributed by atoms with Crippen LogP contribution in [0.4, 0.5) is 0 Å². The summed E-state index contributed by atoms with van der Waals surface area (Å²) in [6.07, 6.45) is 4.49. The third-order valence-corrected chi connectivity index (χ3v) is 4.89. The molecule has 0 aromatic heterocycles. The Hall–Kier alpha value is -0.0700. The Bertz CT molecular complexity index is 318. The van der Waals surface area contributed by atoms with Gasteiger partial charge in [-0.05, 0) is 25.3 Å². The zero-order chi connectivity index (χ0) is 15.1. The molecule has 0 aromatic carbocycles. The van der Waals surface area contributed by atoms with Crippen LogP contribution in [-0.2, 0) is 9.53 Å². The second-order valence-electron chi connectivity index (χ2n) is 6.21. The number of rotatable bonds is 7. The molecule has 2 rings (SSSR count). The molecule has 23 heavy (non-hydrogen) atoms. The van der Waals surface area contributed by atoms with Gasteiger partial charge in [0.1, 0.15) is 0 Å². The largest absolute Gasteiger partial charge is 0.379 e.